The molecule has 3 unspecified atom stereocenters. The first-order valence-corrected chi connectivity index (χ1v) is 7.35. The summed E-state index contributed by atoms with van der Waals surface area (Å²) in [5, 5.41) is 1.04. The van der Waals surface area contributed by atoms with Gasteiger partial charge in [0.05, 0.1) is 0 Å². The summed E-state index contributed by atoms with van der Waals surface area (Å²) in [6.07, 6.45) is 15.3. The molecule has 0 N–H and O–H groups in total. The lowest BCUT2D eigenvalue weighted by Crippen LogP contribution is -2.20. The minimum Gasteiger partial charge on any atom is -0.246 e. The van der Waals surface area contributed by atoms with E-state index < -0.39 is 0 Å². The minimum atomic E-state index is -0.285. The zero-order valence-corrected chi connectivity index (χ0v) is 8.53. The van der Waals surface area contributed by atoms with Crippen molar-refractivity contribution in [2.45, 2.75) is 18.1 Å². The summed E-state index contributed by atoms with van der Waals surface area (Å²) in [6, 6.07) is 0. The van der Waals surface area contributed by atoms with E-state index in [2.05, 4.69) is 30.9 Å². The molecule has 0 heterocycles. The zero-order chi connectivity index (χ0) is 8.06. The van der Waals surface area contributed by atoms with Gasteiger partial charge in [0, 0.05) is 0 Å². The number of hydrogen-bond donors (Lipinski definition) is 0. The highest BCUT2D eigenvalue weighted by molar-refractivity contribution is 8.32. The Kier molecular flexibility index (Phi) is 1.61. The molecule has 1 fully saturated rings. The molecule has 11 heavy (non-hydrogen) atoms. The zero-order valence-electron chi connectivity index (χ0n) is 7.71. The van der Waals surface area contributed by atoms with Gasteiger partial charge in [0.15, 0.2) is 0 Å². The van der Waals surface area contributed by atoms with Crippen LogP contribution >= 0.6 is 10.0 Å². The van der Waals surface area contributed by atoms with Crippen molar-refractivity contribution in [3.8, 4) is 0 Å². The molecule has 0 aromatic carbocycles. The highest BCUT2D eigenvalue weighted by Gasteiger charge is 2.39. The summed E-state index contributed by atoms with van der Waals surface area (Å²) >= 11 is 0. The number of fused-ring (bicyclic) bond motifs is 2. The van der Waals surface area contributed by atoms with E-state index in [0.29, 0.717) is 0 Å². The molecule has 64 valence electrons. The molecular formula is C10H18S. The molecule has 2 aliphatic rings. The quantitative estimate of drug-likeness (QED) is 0.531. The first-order chi connectivity index (χ1) is 5.07. The van der Waals surface area contributed by atoms with Crippen LogP contribution in [-0.2, 0) is 0 Å². The first kappa shape index (κ1) is 7.72. The van der Waals surface area contributed by atoms with Gasteiger partial charge in [0.2, 0.25) is 0 Å². The molecular weight excluding hydrogens is 152 g/mol. The van der Waals surface area contributed by atoms with Crippen LogP contribution in [0.3, 0.4) is 0 Å². The Morgan fingerprint density at radius 1 is 1.09 bits per heavy atom. The van der Waals surface area contributed by atoms with Crippen molar-refractivity contribution in [2.24, 2.45) is 11.8 Å². The minimum absolute atomic E-state index is 0.285. The molecule has 1 saturated carbocycles. The highest BCUT2D eigenvalue weighted by Crippen LogP contribution is 2.56. The maximum atomic E-state index is 2.47. The molecule has 2 aliphatic carbocycles. The molecule has 0 nitrogen and oxygen atoms in total. The van der Waals surface area contributed by atoms with Gasteiger partial charge in [-0.3, -0.25) is 0 Å². The predicted octanol–water partition coefficient (Wildman–Crippen LogP) is 2.65. The Morgan fingerprint density at radius 2 is 1.82 bits per heavy atom. The van der Waals surface area contributed by atoms with Crippen molar-refractivity contribution in [2.75, 3.05) is 18.8 Å². The normalized spacial score (nSPS) is 43.4. The van der Waals surface area contributed by atoms with Crippen molar-refractivity contribution >= 4 is 10.0 Å². The maximum Gasteiger partial charge on any atom is -0.00504 e. The molecule has 0 aromatic heterocycles. The SMILES string of the molecule is CS(C)(C)C1CC2C=CC1C2. The van der Waals surface area contributed by atoms with E-state index in [9.17, 15) is 0 Å². The summed E-state index contributed by atoms with van der Waals surface area (Å²) in [4.78, 5) is 0. The van der Waals surface area contributed by atoms with Gasteiger partial charge >= 0.3 is 0 Å². The fourth-order valence-corrected chi connectivity index (χ4v) is 4.62. The lowest BCUT2D eigenvalue weighted by molar-refractivity contribution is 0.692. The third-order valence-electron chi connectivity index (χ3n) is 3.13. The van der Waals surface area contributed by atoms with Crippen LogP contribution in [0.1, 0.15) is 12.8 Å². The van der Waals surface area contributed by atoms with E-state index in [1.807, 2.05) is 0 Å². The van der Waals surface area contributed by atoms with Gasteiger partial charge in [-0.15, -0.1) is 0 Å². The second-order valence-corrected chi connectivity index (χ2v) is 9.22. The Labute approximate surface area is 71.4 Å². The second-order valence-electron chi connectivity index (χ2n) is 4.75. The van der Waals surface area contributed by atoms with Crippen LogP contribution in [0, 0.1) is 11.8 Å². The summed E-state index contributed by atoms with van der Waals surface area (Å²) < 4.78 is 0. The number of rotatable bonds is 1. The van der Waals surface area contributed by atoms with E-state index in [0.717, 1.165) is 17.1 Å². The van der Waals surface area contributed by atoms with Crippen molar-refractivity contribution in [1.29, 1.82) is 0 Å². The van der Waals surface area contributed by atoms with E-state index in [1.54, 1.807) is 0 Å². The molecule has 2 bridgehead atoms. The smallest absolute Gasteiger partial charge is 0.00504 e. The summed E-state index contributed by atoms with van der Waals surface area (Å²) in [6.45, 7) is 0. The number of hydrogen-bond acceptors (Lipinski definition) is 0. The monoisotopic (exact) mass is 170 g/mol. The van der Waals surface area contributed by atoms with Gasteiger partial charge in [0.25, 0.3) is 0 Å². The van der Waals surface area contributed by atoms with E-state index in [1.165, 1.54) is 12.8 Å². The average Bonchev–Trinajstić information content (AvgIpc) is 2.42. The summed E-state index contributed by atoms with van der Waals surface area (Å²) in [5.41, 5.74) is 0. The van der Waals surface area contributed by atoms with Gasteiger partial charge in [-0.1, -0.05) is 12.2 Å². The van der Waals surface area contributed by atoms with Crippen molar-refractivity contribution in [1.82, 2.24) is 0 Å². The lowest BCUT2D eigenvalue weighted by atomic mass is 10.1. The predicted molar refractivity (Wildman–Crippen MR) is 54.5 cm³/mol. The Hall–Kier alpha value is 0.0900. The fraction of sp³-hybridized carbons (Fsp3) is 0.800. The van der Waals surface area contributed by atoms with E-state index in [-0.39, 0.29) is 10.0 Å². The molecule has 0 aliphatic heterocycles. The van der Waals surface area contributed by atoms with Crippen LogP contribution in [0.2, 0.25) is 0 Å². The lowest BCUT2D eigenvalue weighted by Gasteiger charge is -2.37. The molecule has 0 radical (unpaired) electrons. The van der Waals surface area contributed by atoms with Gasteiger partial charge in [0.1, 0.15) is 0 Å². The van der Waals surface area contributed by atoms with Crippen molar-refractivity contribution in [3.63, 3.8) is 0 Å². The van der Waals surface area contributed by atoms with Crippen LogP contribution in [0.5, 0.6) is 0 Å². The van der Waals surface area contributed by atoms with Gasteiger partial charge in [-0.05, 0) is 48.7 Å². The standard InChI is InChI=1S/C10H18S/c1-11(2,3)10-7-8-4-5-9(10)6-8/h4-5,8-10H,6-7H2,1-3H3. The molecule has 1 heteroatoms. The third-order valence-corrected chi connectivity index (χ3v) is 5.48. The van der Waals surface area contributed by atoms with Gasteiger partial charge < -0.3 is 0 Å². The first-order valence-electron chi connectivity index (χ1n) is 4.43. The maximum absolute atomic E-state index is 2.47. The second kappa shape index (κ2) is 2.29. The Morgan fingerprint density at radius 3 is 2.09 bits per heavy atom. The van der Waals surface area contributed by atoms with E-state index in [4.69, 9.17) is 0 Å². The molecule has 0 amide bonds. The fourth-order valence-electron chi connectivity index (χ4n) is 2.54. The molecule has 0 saturated heterocycles. The van der Waals surface area contributed by atoms with Crippen LogP contribution < -0.4 is 0 Å². The summed E-state index contributed by atoms with van der Waals surface area (Å²) in [5.74, 6) is 1.91. The van der Waals surface area contributed by atoms with Crippen molar-refractivity contribution < 1.29 is 0 Å². The highest BCUT2D eigenvalue weighted by atomic mass is 32.3. The van der Waals surface area contributed by atoms with E-state index >= 15 is 0 Å². The van der Waals surface area contributed by atoms with Crippen LogP contribution in [0.25, 0.3) is 0 Å². The topological polar surface area (TPSA) is 0 Å². The van der Waals surface area contributed by atoms with Gasteiger partial charge in [-0.25, -0.2) is 10.0 Å². The number of allylic oxidation sites excluding steroid dienone is 2. The van der Waals surface area contributed by atoms with Crippen LogP contribution in [-0.4, -0.2) is 24.0 Å². The average molecular weight is 170 g/mol. The summed E-state index contributed by atoms with van der Waals surface area (Å²) in [7, 11) is -0.285. The van der Waals surface area contributed by atoms with Gasteiger partial charge in [-0.2, -0.15) is 0 Å². The molecule has 2 rings (SSSR count). The van der Waals surface area contributed by atoms with Crippen LogP contribution in [0.15, 0.2) is 12.2 Å². The van der Waals surface area contributed by atoms with Crippen molar-refractivity contribution in [3.05, 3.63) is 12.2 Å². The third kappa shape index (κ3) is 1.24. The molecule has 0 spiro atoms. The Bertz CT molecular complexity index is 188. The Balaban J connectivity index is 2.15. The molecule has 3 atom stereocenters. The molecule has 0 aromatic rings. The largest absolute Gasteiger partial charge is 0.246 e. The van der Waals surface area contributed by atoms with Crippen LogP contribution in [0.4, 0.5) is 0 Å².